The Bertz CT molecular complexity index is 1020. The number of allylic oxidation sites excluding steroid dienone is 1. The Hall–Kier alpha value is -3.67. The number of non-ortho nitro benzene ring substituents is 1. The van der Waals surface area contributed by atoms with Gasteiger partial charge in [-0.05, 0) is 37.3 Å². The van der Waals surface area contributed by atoms with Crippen LogP contribution in [0.25, 0.3) is 17.4 Å². The normalized spacial score (nSPS) is 10.9. The summed E-state index contributed by atoms with van der Waals surface area (Å²) < 4.78 is 11.0. The van der Waals surface area contributed by atoms with Gasteiger partial charge in [-0.25, -0.2) is 0 Å². The molecule has 3 rings (SSSR count). The highest BCUT2D eigenvalue weighted by Gasteiger charge is 2.15. The molecule has 0 unspecified atom stereocenters. The highest BCUT2D eigenvalue weighted by molar-refractivity contribution is 6.06. The first-order valence-electron chi connectivity index (χ1n) is 8.19. The summed E-state index contributed by atoms with van der Waals surface area (Å²) in [5.41, 5.74) is 2.21. The van der Waals surface area contributed by atoms with Gasteiger partial charge in [0.05, 0.1) is 23.7 Å². The molecule has 0 aliphatic heterocycles. The number of nitrogens with zero attached hydrogens (tertiary/aromatic N) is 1. The zero-order valence-electron chi connectivity index (χ0n) is 14.8. The Labute approximate surface area is 155 Å². The van der Waals surface area contributed by atoms with Gasteiger partial charge in [-0.15, -0.1) is 0 Å². The molecule has 6 nitrogen and oxygen atoms in total. The van der Waals surface area contributed by atoms with Crippen molar-refractivity contribution in [1.29, 1.82) is 0 Å². The molecule has 3 aromatic rings. The van der Waals surface area contributed by atoms with E-state index in [-0.39, 0.29) is 11.5 Å². The molecule has 0 bridgehead atoms. The third-order valence-electron chi connectivity index (χ3n) is 4.02. The fraction of sp³-hybridized carbons (Fsp3) is 0.0952. The Balaban J connectivity index is 1.81. The van der Waals surface area contributed by atoms with Crippen molar-refractivity contribution in [2.75, 3.05) is 7.11 Å². The Morgan fingerprint density at radius 1 is 1.11 bits per heavy atom. The van der Waals surface area contributed by atoms with Gasteiger partial charge in [-0.2, -0.15) is 0 Å². The average Bonchev–Trinajstić information content (AvgIpc) is 3.14. The molecule has 0 radical (unpaired) electrons. The third kappa shape index (κ3) is 4.12. The minimum Gasteiger partial charge on any atom is -0.496 e. The minimum atomic E-state index is -0.487. The van der Waals surface area contributed by atoms with E-state index in [1.807, 2.05) is 19.1 Å². The van der Waals surface area contributed by atoms with Crippen molar-refractivity contribution in [3.63, 3.8) is 0 Å². The van der Waals surface area contributed by atoms with Gasteiger partial charge < -0.3 is 9.15 Å². The van der Waals surface area contributed by atoms with Crippen molar-refractivity contribution < 1.29 is 18.9 Å². The van der Waals surface area contributed by atoms with E-state index in [4.69, 9.17) is 9.15 Å². The van der Waals surface area contributed by atoms with Gasteiger partial charge in [0.25, 0.3) is 5.69 Å². The standard InChI is InChI=1S/C21H17NO5/c1-14-3-5-15(6-4-14)19(23)11-8-17-9-12-20(27-17)18-10-7-16(22(24)25)13-21(18)26-2/h3-13H,1-2H3/b11-8+. The van der Waals surface area contributed by atoms with E-state index in [1.165, 1.54) is 25.3 Å². The summed E-state index contributed by atoms with van der Waals surface area (Å²) in [6.45, 7) is 1.96. The fourth-order valence-electron chi connectivity index (χ4n) is 2.56. The number of ether oxygens (including phenoxy) is 1. The van der Waals surface area contributed by atoms with Crippen molar-refractivity contribution in [2.45, 2.75) is 6.92 Å². The van der Waals surface area contributed by atoms with Crippen LogP contribution in [0.5, 0.6) is 5.75 Å². The van der Waals surface area contributed by atoms with Crippen molar-refractivity contribution in [2.24, 2.45) is 0 Å². The quantitative estimate of drug-likeness (QED) is 0.264. The first-order chi connectivity index (χ1) is 13.0. The number of rotatable bonds is 6. The van der Waals surface area contributed by atoms with Crippen molar-refractivity contribution in [1.82, 2.24) is 0 Å². The second kappa shape index (κ2) is 7.70. The van der Waals surface area contributed by atoms with Crippen LogP contribution in [0.1, 0.15) is 21.7 Å². The molecule has 0 atom stereocenters. The van der Waals surface area contributed by atoms with Gasteiger partial charge in [-0.3, -0.25) is 14.9 Å². The number of benzene rings is 2. The molecule has 27 heavy (non-hydrogen) atoms. The lowest BCUT2D eigenvalue weighted by atomic mass is 10.1. The first-order valence-corrected chi connectivity index (χ1v) is 8.19. The molecule has 0 amide bonds. The second-order valence-electron chi connectivity index (χ2n) is 5.91. The Kier molecular flexibility index (Phi) is 5.17. The van der Waals surface area contributed by atoms with Crippen LogP contribution in [0.3, 0.4) is 0 Å². The van der Waals surface area contributed by atoms with E-state index in [0.29, 0.717) is 28.4 Å². The fourth-order valence-corrected chi connectivity index (χ4v) is 2.56. The van der Waals surface area contributed by atoms with Gasteiger partial charge in [0.1, 0.15) is 17.3 Å². The van der Waals surface area contributed by atoms with Gasteiger partial charge in [0.15, 0.2) is 5.78 Å². The van der Waals surface area contributed by atoms with Crippen LogP contribution < -0.4 is 4.74 Å². The van der Waals surface area contributed by atoms with E-state index in [9.17, 15) is 14.9 Å². The lowest BCUT2D eigenvalue weighted by Gasteiger charge is -2.05. The summed E-state index contributed by atoms with van der Waals surface area (Å²) in [6, 6.07) is 15.1. The largest absolute Gasteiger partial charge is 0.496 e. The number of carbonyl (C=O) groups excluding carboxylic acids is 1. The molecule has 136 valence electrons. The number of nitro benzene ring substituents is 1. The third-order valence-corrected chi connectivity index (χ3v) is 4.02. The van der Waals surface area contributed by atoms with Crippen LogP contribution in [0.15, 0.2) is 65.1 Å². The topological polar surface area (TPSA) is 82.6 Å². The molecule has 1 aromatic heterocycles. The molecular formula is C21H17NO5. The molecular weight excluding hydrogens is 346 g/mol. The molecule has 1 heterocycles. The maximum atomic E-state index is 12.2. The van der Waals surface area contributed by atoms with Crippen molar-refractivity contribution >= 4 is 17.5 Å². The molecule has 0 fully saturated rings. The number of hydrogen-bond donors (Lipinski definition) is 0. The summed E-state index contributed by atoms with van der Waals surface area (Å²) in [7, 11) is 1.44. The van der Waals surface area contributed by atoms with Crippen LogP contribution in [0.2, 0.25) is 0 Å². The number of furan rings is 1. The predicted molar refractivity (Wildman–Crippen MR) is 102 cm³/mol. The van der Waals surface area contributed by atoms with E-state index in [2.05, 4.69) is 0 Å². The van der Waals surface area contributed by atoms with E-state index < -0.39 is 4.92 Å². The second-order valence-corrected chi connectivity index (χ2v) is 5.91. The number of ketones is 1. The Morgan fingerprint density at radius 3 is 2.52 bits per heavy atom. The Morgan fingerprint density at radius 2 is 1.85 bits per heavy atom. The van der Waals surface area contributed by atoms with Gasteiger partial charge in [0.2, 0.25) is 0 Å². The van der Waals surface area contributed by atoms with Crippen LogP contribution in [0, 0.1) is 17.0 Å². The summed E-state index contributed by atoms with van der Waals surface area (Å²) in [5.74, 6) is 1.20. The van der Waals surface area contributed by atoms with E-state index in [1.54, 1.807) is 36.4 Å². The number of carbonyl (C=O) groups is 1. The molecule has 0 N–H and O–H groups in total. The molecule has 6 heteroatoms. The molecule has 2 aromatic carbocycles. The van der Waals surface area contributed by atoms with Crippen LogP contribution in [-0.2, 0) is 0 Å². The lowest BCUT2D eigenvalue weighted by Crippen LogP contribution is -1.93. The maximum Gasteiger partial charge on any atom is 0.273 e. The first kappa shape index (κ1) is 18.1. The van der Waals surface area contributed by atoms with Crippen molar-refractivity contribution in [3.05, 3.63) is 87.7 Å². The number of methoxy groups -OCH3 is 1. The average molecular weight is 363 g/mol. The van der Waals surface area contributed by atoms with Gasteiger partial charge in [0, 0.05) is 11.6 Å². The predicted octanol–water partition coefficient (Wildman–Crippen LogP) is 5.07. The summed E-state index contributed by atoms with van der Waals surface area (Å²) in [4.78, 5) is 22.6. The highest BCUT2D eigenvalue weighted by atomic mass is 16.6. The number of aryl methyl sites for hydroxylation is 1. The summed E-state index contributed by atoms with van der Waals surface area (Å²) >= 11 is 0. The van der Waals surface area contributed by atoms with E-state index in [0.717, 1.165) is 5.56 Å². The lowest BCUT2D eigenvalue weighted by molar-refractivity contribution is -0.384. The zero-order valence-corrected chi connectivity index (χ0v) is 14.8. The van der Waals surface area contributed by atoms with Crippen LogP contribution in [-0.4, -0.2) is 17.8 Å². The minimum absolute atomic E-state index is 0.0639. The summed E-state index contributed by atoms with van der Waals surface area (Å²) in [6.07, 6.45) is 3.03. The number of nitro groups is 1. The van der Waals surface area contributed by atoms with E-state index >= 15 is 0 Å². The van der Waals surface area contributed by atoms with Crippen LogP contribution >= 0.6 is 0 Å². The molecule has 0 saturated heterocycles. The van der Waals surface area contributed by atoms with Gasteiger partial charge >= 0.3 is 0 Å². The van der Waals surface area contributed by atoms with Gasteiger partial charge in [-0.1, -0.05) is 29.8 Å². The monoisotopic (exact) mass is 363 g/mol. The highest BCUT2D eigenvalue weighted by Crippen LogP contribution is 2.34. The van der Waals surface area contributed by atoms with Crippen molar-refractivity contribution in [3.8, 4) is 17.1 Å². The molecule has 0 saturated carbocycles. The maximum absolute atomic E-state index is 12.2. The number of hydrogen-bond acceptors (Lipinski definition) is 5. The van der Waals surface area contributed by atoms with Crippen LogP contribution in [0.4, 0.5) is 5.69 Å². The smallest absolute Gasteiger partial charge is 0.273 e. The SMILES string of the molecule is COc1cc([N+](=O)[O-])ccc1-c1ccc(/C=C/C(=O)c2ccc(C)cc2)o1. The molecule has 0 spiro atoms. The molecule has 0 aliphatic rings. The summed E-state index contributed by atoms with van der Waals surface area (Å²) in [5, 5.41) is 10.9. The molecule has 0 aliphatic carbocycles. The zero-order chi connectivity index (χ0) is 19.4.